The highest BCUT2D eigenvalue weighted by Crippen LogP contribution is 2.16. The third-order valence-electron chi connectivity index (χ3n) is 2.65. The van der Waals surface area contributed by atoms with Gasteiger partial charge in [-0.1, -0.05) is 26.0 Å². The number of amides is 1. The van der Waals surface area contributed by atoms with E-state index in [4.69, 9.17) is 10.00 Å². The molecule has 0 bridgehead atoms. The highest BCUT2D eigenvalue weighted by Gasteiger charge is 2.05. The summed E-state index contributed by atoms with van der Waals surface area (Å²) in [7, 11) is 0. The zero-order chi connectivity index (χ0) is 14.1. The Morgan fingerprint density at radius 3 is 2.84 bits per heavy atom. The van der Waals surface area contributed by atoms with E-state index in [1.807, 2.05) is 6.07 Å². The van der Waals surface area contributed by atoms with Gasteiger partial charge >= 0.3 is 0 Å². The molecule has 1 rings (SSSR count). The first-order valence-corrected chi connectivity index (χ1v) is 6.52. The van der Waals surface area contributed by atoms with E-state index >= 15 is 0 Å². The molecule has 1 amide bonds. The molecule has 1 aromatic carbocycles. The number of para-hydroxylation sites is 1. The van der Waals surface area contributed by atoms with E-state index in [2.05, 4.69) is 19.2 Å². The molecule has 4 nitrogen and oxygen atoms in total. The van der Waals surface area contributed by atoms with Gasteiger partial charge in [-0.05, 0) is 30.9 Å². The van der Waals surface area contributed by atoms with E-state index in [0.717, 1.165) is 12.8 Å². The quantitative estimate of drug-likeness (QED) is 0.766. The summed E-state index contributed by atoms with van der Waals surface area (Å²) in [4.78, 5) is 11.5. The van der Waals surface area contributed by atoms with Crippen molar-refractivity contribution in [1.82, 2.24) is 5.32 Å². The molecular weight excluding hydrogens is 240 g/mol. The Bertz CT molecular complexity index is 450. The molecule has 102 valence electrons. The maximum atomic E-state index is 11.5. The van der Waals surface area contributed by atoms with E-state index in [-0.39, 0.29) is 12.5 Å². The molecular formula is C15H20N2O2. The average molecular weight is 260 g/mol. The molecule has 1 N–H and O–H groups in total. The standard InChI is InChI=1S/C15H20N2O2/c1-12(2)6-5-9-17-15(18)11-19-14-8-4-3-7-13(14)10-16/h3-4,7-8,12H,5-6,9,11H2,1-2H3,(H,17,18). The number of hydrogen-bond donors (Lipinski definition) is 1. The lowest BCUT2D eigenvalue weighted by Crippen LogP contribution is -2.29. The Morgan fingerprint density at radius 1 is 1.42 bits per heavy atom. The van der Waals surface area contributed by atoms with Crippen molar-refractivity contribution in [3.63, 3.8) is 0 Å². The van der Waals surface area contributed by atoms with Crippen molar-refractivity contribution < 1.29 is 9.53 Å². The van der Waals surface area contributed by atoms with Crippen molar-refractivity contribution in [2.24, 2.45) is 5.92 Å². The Kier molecular flexibility index (Phi) is 6.45. The van der Waals surface area contributed by atoms with Crippen molar-refractivity contribution in [1.29, 1.82) is 5.26 Å². The van der Waals surface area contributed by atoms with Gasteiger partial charge in [-0.25, -0.2) is 0 Å². The molecule has 0 fully saturated rings. The van der Waals surface area contributed by atoms with Crippen LogP contribution >= 0.6 is 0 Å². The van der Waals surface area contributed by atoms with Gasteiger partial charge in [0.25, 0.3) is 5.91 Å². The smallest absolute Gasteiger partial charge is 0.257 e. The van der Waals surface area contributed by atoms with Crippen LogP contribution in [0.3, 0.4) is 0 Å². The van der Waals surface area contributed by atoms with Gasteiger partial charge in [-0.2, -0.15) is 5.26 Å². The van der Waals surface area contributed by atoms with E-state index < -0.39 is 0 Å². The normalized spacial score (nSPS) is 10.0. The summed E-state index contributed by atoms with van der Waals surface area (Å²) >= 11 is 0. The molecule has 0 aliphatic rings. The van der Waals surface area contributed by atoms with Crippen LogP contribution < -0.4 is 10.1 Å². The molecule has 19 heavy (non-hydrogen) atoms. The van der Waals surface area contributed by atoms with Crippen molar-refractivity contribution in [3.8, 4) is 11.8 Å². The zero-order valence-electron chi connectivity index (χ0n) is 11.5. The number of carbonyl (C=O) groups is 1. The van der Waals surface area contributed by atoms with E-state index in [0.29, 0.717) is 23.8 Å². The van der Waals surface area contributed by atoms with E-state index in [9.17, 15) is 4.79 Å². The molecule has 0 saturated carbocycles. The monoisotopic (exact) mass is 260 g/mol. The van der Waals surface area contributed by atoms with Crippen molar-refractivity contribution in [2.75, 3.05) is 13.2 Å². The van der Waals surface area contributed by atoms with Crippen LogP contribution in [0.2, 0.25) is 0 Å². The molecule has 0 atom stereocenters. The minimum absolute atomic E-state index is 0.0552. The SMILES string of the molecule is CC(C)CCCNC(=O)COc1ccccc1C#N. The van der Waals surface area contributed by atoms with Gasteiger partial charge in [0.2, 0.25) is 0 Å². The summed E-state index contributed by atoms with van der Waals surface area (Å²) in [5.74, 6) is 0.939. The van der Waals surface area contributed by atoms with Crippen LogP contribution in [-0.2, 0) is 4.79 Å². The number of hydrogen-bond acceptors (Lipinski definition) is 3. The molecule has 0 heterocycles. The molecule has 0 unspecified atom stereocenters. The van der Waals surface area contributed by atoms with Crippen LogP contribution in [0.15, 0.2) is 24.3 Å². The lowest BCUT2D eigenvalue weighted by atomic mass is 10.1. The first-order valence-electron chi connectivity index (χ1n) is 6.52. The molecule has 4 heteroatoms. The Labute approximate surface area is 114 Å². The van der Waals surface area contributed by atoms with Crippen LogP contribution in [0.4, 0.5) is 0 Å². The topological polar surface area (TPSA) is 62.1 Å². The second-order valence-corrected chi connectivity index (χ2v) is 4.78. The van der Waals surface area contributed by atoms with Gasteiger partial charge in [0, 0.05) is 6.54 Å². The molecule has 0 aliphatic carbocycles. The van der Waals surface area contributed by atoms with Gasteiger partial charge in [-0.3, -0.25) is 4.79 Å². The van der Waals surface area contributed by atoms with Crippen LogP contribution in [0.25, 0.3) is 0 Å². The fourth-order valence-corrected chi connectivity index (χ4v) is 1.62. The highest BCUT2D eigenvalue weighted by atomic mass is 16.5. The lowest BCUT2D eigenvalue weighted by molar-refractivity contribution is -0.123. The van der Waals surface area contributed by atoms with Crippen LogP contribution in [0.1, 0.15) is 32.3 Å². The third-order valence-corrected chi connectivity index (χ3v) is 2.65. The van der Waals surface area contributed by atoms with Gasteiger partial charge in [0.15, 0.2) is 6.61 Å². The summed E-state index contributed by atoms with van der Waals surface area (Å²) in [5.41, 5.74) is 0.440. The largest absolute Gasteiger partial charge is 0.482 e. The number of rotatable bonds is 7. The summed E-state index contributed by atoms with van der Waals surface area (Å²) in [6.07, 6.45) is 2.07. The number of ether oxygens (including phenoxy) is 1. The average Bonchev–Trinajstić information content (AvgIpc) is 2.41. The minimum atomic E-state index is -0.156. The zero-order valence-corrected chi connectivity index (χ0v) is 11.5. The van der Waals surface area contributed by atoms with Crippen LogP contribution in [-0.4, -0.2) is 19.1 Å². The molecule has 0 radical (unpaired) electrons. The summed E-state index contributed by atoms with van der Waals surface area (Å²) in [6.45, 7) is 4.92. The maximum absolute atomic E-state index is 11.5. The van der Waals surface area contributed by atoms with Crippen LogP contribution in [0, 0.1) is 17.2 Å². The van der Waals surface area contributed by atoms with Crippen molar-refractivity contribution >= 4 is 5.91 Å². The Hall–Kier alpha value is -2.02. The fraction of sp³-hybridized carbons (Fsp3) is 0.467. The highest BCUT2D eigenvalue weighted by molar-refractivity contribution is 5.77. The number of carbonyl (C=O) groups excluding carboxylic acids is 1. The Balaban J connectivity index is 2.29. The first-order chi connectivity index (χ1) is 9.13. The van der Waals surface area contributed by atoms with Gasteiger partial charge in [-0.15, -0.1) is 0 Å². The fourth-order valence-electron chi connectivity index (χ4n) is 1.62. The van der Waals surface area contributed by atoms with Crippen molar-refractivity contribution in [2.45, 2.75) is 26.7 Å². The van der Waals surface area contributed by atoms with Crippen LogP contribution in [0.5, 0.6) is 5.75 Å². The minimum Gasteiger partial charge on any atom is -0.482 e. The summed E-state index contributed by atoms with van der Waals surface area (Å²) < 4.78 is 5.33. The first kappa shape index (κ1) is 15.0. The second-order valence-electron chi connectivity index (χ2n) is 4.78. The summed E-state index contributed by atoms with van der Waals surface area (Å²) in [5, 5.41) is 11.7. The number of nitrogens with zero attached hydrogens (tertiary/aromatic N) is 1. The number of nitriles is 1. The lowest BCUT2D eigenvalue weighted by Gasteiger charge is -2.09. The summed E-state index contributed by atoms with van der Waals surface area (Å²) in [6, 6.07) is 8.91. The van der Waals surface area contributed by atoms with Gasteiger partial charge in [0.1, 0.15) is 11.8 Å². The maximum Gasteiger partial charge on any atom is 0.257 e. The molecule has 0 saturated heterocycles. The molecule has 0 aliphatic heterocycles. The number of nitrogens with one attached hydrogen (secondary N) is 1. The van der Waals surface area contributed by atoms with E-state index in [1.165, 1.54) is 0 Å². The third kappa shape index (κ3) is 5.91. The number of benzene rings is 1. The van der Waals surface area contributed by atoms with Gasteiger partial charge < -0.3 is 10.1 Å². The van der Waals surface area contributed by atoms with Gasteiger partial charge in [0.05, 0.1) is 5.56 Å². The Morgan fingerprint density at radius 2 is 2.16 bits per heavy atom. The predicted molar refractivity (Wildman–Crippen MR) is 73.7 cm³/mol. The molecule has 0 aromatic heterocycles. The van der Waals surface area contributed by atoms with Crippen molar-refractivity contribution in [3.05, 3.63) is 29.8 Å². The molecule has 0 spiro atoms. The molecule has 1 aromatic rings. The van der Waals surface area contributed by atoms with E-state index in [1.54, 1.807) is 24.3 Å². The second kappa shape index (κ2) is 8.15. The predicted octanol–water partition coefficient (Wildman–Crippen LogP) is 2.49.